The molecule has 0 saturated heterocycles. The molecule has 0 aliphatic rings. The van der Waals surface area contributed by atoms with Crippen molar-refractivity contribution < 1.29 is 19.4 Å². The molecule has 1 aromatic heterocycles. The number of aromatic nitrogens is 2. The summed E-state index contributed by atoms with van der Waals surface area (Å²) in [6.07, 6.45) is 2.58. The van der Waals surface area contributed by atoms with E-state index < -0.39 is 12.0 Å². The molecule has 0 fully saturated rings. The fourth-order valence-electron chi connectivity index (χ4n) is 1.37. The Hall–Kier alpha value is -1.89. The van der Waals surface area contributed by atoms with Crippen LogP contribution in [-0.2, 0) is 9.53 Å². The lowest BCUT2D eigenvalue weighted by atomic mass is 10.1. The Morgan fingerprint density at radius 1 is 1.56 bits per heavy atom. The summed E-state index contributed by atoms with van der Waals surface area (Å²) in [7, 11) is 3.06. The molecule has 1 atom stereocenters. The third-order valence-electron chi connectivity index (χ3n) is 2.28. The minimum atomic E-state index is -0.947. The molecule has 1 aromatic rings. The van der Waals surface area contributed by atoms with E-state index in [2.05, 4.69) is 15.3 Å². The summed E-state index contributed by atoms with van der Waals surface area (Å²) in [6, 6.07) is 0.846. The molecule has 1 rings (SSSR count). The van der Waals surface area contributed by atoms with Crippen LogP contribution in [0.2, 0.25) is 0 Å². The van der Waals surface area contributed by atoms with Crippen LogP contribution in [0.25, 0.3) is 0 Å². The number of ether oxygens (including phenoxy) is 2. The van der Waals surface area contributed by atoms with Crippen molar-refractivity contribution in [1.29, 1.82) is 0 Å². The van der Waals surface area contributed by atoms with Crippen molar-refractivity contribution in [2.75, 3.05) is 26.1 Å². The molecule has 0 saturated carbocycles. The first-order chi connectivity index (χ1) is 8.67. The zero-order valence-corrected chi connectivity index (χ0v) is 10.4. The van der Waals surface area contributed by atoms with Gasteiger partial charge in [-0.05, 0) is 12.8 Å². The largest absolute Gasteiger partial charge is 0.481 e. The topological polar surface area (TPSA) is 93.6 Å². The normalized spacial score (nSPS) is 11.9. The van der Waals surface area contributed by atoms with Gasteiger partial charge in [0.2, 0.25) is 11.8 Å². The zero-order chi connectivity index (χ0) is 13.4. The van der Waals surface area contributed by atoms with E-state index in [4.69, 9.17) is 14.6 Å². The van der Waals surface area contributed by atoms with E-state index >= 15 is 0 Å². The number of nitrogens with one attached hydrogen (secondary N) is 1. The van der Waals surface area contributed by atoms with E-state index in [1.807, 2.05) is 0 Å². The minimum absolute atomic E-state index is 0.235. The van der Waals surface area contributed by atoms with Gasteiger partial charge in [0.25, 0.3) is 0 Å². The summed E-state index contributed by atoms with van der Waals surface area (Å²) in [6.45, 7) is 0.518. The molecule has 0 radical (unpaired) electrons. The maximum atomic E-state index is 11.1. The summed E-state index contributed by atoms with van der Waals surface area (Å²) >= 11 is 0. The number of carboxylic acid groups (broad SMARTS) is 1. The molecule has 0 spiro atoms. The molecule has 0 aliphatic heterocycles. The number of anilines is 1. The highest BCUT2D eigenvalue weighted by atomic mass is 16.5. The van der Waals surface area contributed by atoms with E-state index in [1.54, 1.807) is 13.2 Å². The summed E-state index contributed by atoms with van der Waals surface area (Å²) in [5, 5.41) is 11.8. The second-order valence-electron chi connectivity index (χ2n) is 3.59. The molecular weight excluding hydrogens is 238 g/mol. The van der Waals surface area contributed by atoms with E-state index in [-0.39, 0.29) is 5.95 Å². The average Bonchev–Trinajstić information content (AvgIpc) is 2.38. The highest BCUT2D eigenvalue weighted by Gasteiger charge is 2.17. The van der Waals surface area contributed by atoms with Crippen molar-refractivity contribution in [3.05, 3.63) is 12.3 Å². The predicted octanol–water partition coefficient (Wildman–Crippen LogP) is 0.777. The van der Waals surface area contributed by atoms with E-state index in [9.17, 15) is 4.79 Å². The SMILES string of the molecule is COCCCC(Nc1nccc(OC)n1)C(=O)O. The third-order valence-corrected chi connectivity index (χ3v) is 2.28. The Morgan fingerprint density at radius 3 is 2.94 bits per heavy atom. The number of aliphatic carboxylic acids is 1. The molecule has 0 amide bonds. The molecule has 7 heteroatoms. The number of nitrogens with zero attached hydrogens (tertiary/aromatic N) is 2. The maximum Gasteiger partial charge on any atom is 0.326 e. The fraction of sp³-hybridized carbons (Fsp3) is 0.545. The smallest absolute Gasteiger partial charge is 0.326 e. The van der Waals surface area contributed by atoms with Crippen LogP contribution < -0.4 is 10.1 Å². The van der Waals surface area contributed by atoms with E-state index in [1.165, 1.54) is 13.3 Å². The Bertz CT molecular complexity index is 386. The van der Waals surface area contributed by atoms with E-state index in [0.717, 1.165) is 0 Å². The van der Waals surface area contributed by atoms with Crippen LogP contribution in [0.5, 0.6) is 5.88 Å². The van der Waals surface area contributed by atoms with Gasteiger partial charge in [-0.15, -0.1) is 0 Å². The van der Waals surface area contributed by atoms with Crippen LogP contribution in [0.4, 0.5) is 5.95 Å². The molecule has 0 aliphatic carbocycles. The Balaban J connectivity index is 2.61. The van der Waals surface area contributed by atoms with Crippen molar-refractivity contribution in [2.45, 2.75) is 18.9 Å². The van der Waals surface area contributed by atoms with Gasteiger partial charge in [-0.1, -0.05) is 0 Å². The summed E-state index contributed by atoms with van der Waals surface area (Å²) < 4.78 is 9.82. The van der Waals surface area contributed by atoms with Gasteiger partial charge in [-0.25, -0.2) is 9.78 Å². The first-order valence-corrected chi connectivity index (χ1v) is 5.52. The van der Waals surface area contributed by atoms with Crippen molar-refractivity contribution >= 4 is 11.9 Å². The van der Waals surface area contributed by atoms with Crippen LogP contribution >= 0.6 is 0 Å². The van der Waals surface area contributed by atoms with Crippen LogP contribution in [0.15, 0.2) is 12.3 Å². The van der Waals surface area contributed by atoms with Crippen LogP contribution in [0.1, 0.15) is 12.8 Å². The Morgan fingerprint density at radius 2 is 2.33 bits per heavy atom. The molecule has 0 bridgehead atoms. The number of hydrogen-bond acceptors (Lipinski definition) is 6. The van der Waals surface area contributed by atoms with Gasteiger partial charge in [0.1, 0.15) is 6.04 Å². The highest BCUT2D eigenvalue weighted by molar-refractivity contribution is 5.76. The second-order valence-corrected chi connectivity index (χ2v) is 3.59. The first-order valence-electron chi connectivity index (χ1n) is 5.52. The molecule has 7 nitrogen and oxygen atoms in total. The van der Waals surface area contributed by atoms with Crippen molar-refractivity contribution in [2.24, 2.45) is 0 Å². The molecule has 1 heterocycles. The van der Waals surface area contributed by atoms with E-state index in [0.29, 0.717) is 25.3 Å². The fourth-order valence-corrected chi connectivity index (χ4v) is 1.37. The molecule has 18 heavy (non-hydrogen) atoms. The quantitative estimate of drug-likeness (QED) is 0.663. The second kappa shape index (κ2) is 7.44. The summed E-state index contributed by atoms with van der Waals surface area (Å²) in [5.74, 6) is -0.328. The predicted molar refractivity (Wildman–Crippen MR) is 64.7 cm³/mol. The zero-order valence-electron chi connectivity index (χ0n) is 10.4. The lowest BCUT2D eigenvalue weighted by Crippen LogP contribution is -2.30. The molecule has 0 aromatic carbocycles. The third kappa shape index (κ3) is 4.54. The van der Waals surface area contributed by atoms with Gasteiger partial charge in [0.15, 0.2) is 0 Å². The van der Waals surface area contributed by atoms with Crippen LogP contribution in [0.3, 0.4) is 0 Å². The minimum Gasteiger partial charge on any atom is -0.481 e. The number of carbonyl (C=O) groups is 1. The molecule has 2 N–H and O–H groups in total. The average molecular weight is 255 g/mol. The molecular formula is C11H17N3O4. The highest BCUT2D eigenvalue weighted by Crippen LogP contribution is 2.10. The van der Waals surface area contributed by atoms with Crippen molar-refractivity contribution in [3.63, 3.8) is 0 Å². The van der Waals surface area contributed by atoms with Gasteiger partial charge in [-0.2, -0.15) is 4.98 Å². The number of methoxy groups -OCH3 is 2. The standard InChI is InChI=1S/C11H17N3O4/c1-17-7-3-4-8(10(15)16)13-11-12-6-5-9(14-11)18-2/h5-6,8H,3-4,7H2,1-2H3,(H,15,16)(H,12,13,14). The van der Waals surface area contributed by atoms with Gasteiger partial charge >= 0.3 is 5.97 Å². The lowest BCUT2D eigenvalue weighted by molar-refractivity contribution is -0.138. The van der Waals surface area contributed by atoms with Gasteiger partial charge in [-0.3, -0.25) is 0 Å². The molecule has 100 valence electrons. The lowest BCUT2D eigenvalue weighted by Gasteiger charge is -2.14. The van der Waals surface area contributed by atoms with Crippen molar-refractivity contribution in [1.82, 2.24) is 9.97 Å². The van der Waals surface area contributed by atoms with Gasteiger partial charge in [0, 0.05) is 26.0 Å². The van der Waals surface area contributed by atoms with Crippen molar-refractivity contribution in [3.8, 4) is 5.88 Å². The Kier molecular flexibility index (Phi) is 5.86. The Labute approximate surface area is 105 Å². The summed E-state index contributed by atoms with van der Waals surface area (Å²) in [4.78, 5) is 19.0. The maximum absolute atomic E-state index is 11.1. The summed E-state index contributed by atoms with van der Waals surface area (Å²) in [5.41, 5.74) is 0. The first kappa shape index (κ1) is 14.2. The monoisotopic (exact) mass is 255 g/mol. The van der Waals surface area contributed by atoms with Gasteiger partial charge < -0.3 is 19.9 Å². The molecule has 1 unspecified atom stereocenters. The number of hydrogen-bond donors (Lipinski definition) is 2. The van der Waals surface area contributed by atoms with Crippen LogP contribution in [0, 0.1) is 0 Å². The van der Waals surface area contributed by atoms with Gasteiger partial charge in [0.05, 0.1) is 7.11 Å². The number of rotatable bonds is 8. The number of carboxylic acids is 1. The van der Waals surface area contributed by atoms with Crippen LogP contribution in [-0.4, -0.2) is 47.9 Å².